The number of fused-ring (bicyclic) bond motifs is 1. The first-order valence-corrected chi connectivity index (χ1v) is 11.0. The molecule has 3 nitrogen and oxygen atoms in total. The summed E-state index contributed by atoms with van der Waals surface area (Å²) in [6.07, 6.45) is 0. The van der Waals surface area contributed by atoms with E-state index in [-0.39, 0.29) is 6.04 Å². The molecule has 0 aliphatic heterocycles. The molecule has 4 aromatic rings. The van der Waals surface area contributed by atoms with Crippen molar-refractivity contribution in [3.05, 3.63) is 103 Å². The first-order valence-electron chi connectivity index (χ1n) is 9.59. The Morgan fingerprint density at radius 3 is 1.97 bits per heavy atom. The fourth-order valence-corrected chi connectivity index (χ4v) is 4.88. The van der Waals surface area contributed by atoms with Crippen LogP contribution in [0.2, 0.25) is 0 Å². The van der Waals surface area contributed by atoms with Gasteiger partial charge in [-0.2, -0.15) is 4.31 Å². The number of sulfonamides is 1. The van der Waals surface area contributed by atoms with E-state index in [1.54, 1.807) is 19.2 Å². The van der Waals surface area contributed by atoms with E-state index in [0.29, 0.717) is 4.90 Å². The summed E-state index contributed by atoms with van der Waals surface area (Å²) in [6.45, 7) is 1.91. The van der Waals surface area contributed by atoms with Gasteiger partial charge in [0.2, 0.25) is 10.0 Å². The molecule has 0 heterocycles. The summed E-state index contributed by atoms with van der Waals surface area (Å²) >= 11 is 0. The second-order valence-electron chi connectivity index (χ2n) is 7.19. The normalized spacial score (nSPS) is 12.9. The molecule has 0 saturated heterocycles. The predicted octanol–water partition coefficient (Wildman–Crippen LogP) is 5.89. The number of benzene rings is 4. The van der Waals surface area contributed by atoms with E-state index in [1.165, 1.54) is 4.31 Å². The standard InChI is InChI=1S/C25H23NO2S/c1-19(20-12-14-23(15-13-20)21-8-4-3-5-9-21)26(2)29(27,28)25-17-16-22-10-6-7-11-24(22)18-25/h3-19H,1-2H3/t19-/m0/s1. The lowest BCUT2D eigenvalue weighted by Crippen LogP contribution is -2.29. The second-order valence-corrected chi connectivity index (χ2v) is 9.19. The molecule has 0 radical (unpaired) electrons. The smallest absolute Gasteiger partial charge is 0.207 e. The van der Waals surface area contributed by atoms with E-state index in [0.717, 1.165) is 27.5 Å². The van der Waals surface area contributed by atoms with Crippen LogP contribution >= 0.6 is 0 Å². The third-order valence-electron chi connectivity index (χ3n) is 5.44. The van der Waals surface area contributed by atoms with E-state index < -0.39 is 10.0 Å². The quantitative estimate of drug-likeness (QED) is 0.418. The Morgan fingerprint density at radius 2 is 1.28 bits per heavy atom. The molecule has 0 fully saturated rings. The molecule has 4 heteroatoms. The van der Waals surface area contributed by atoms with Crippen molar-refractivity contribution in [2.45, 2.75) is 17.9 Å². The summed E-state index contributed by atoms with van der Waals surface area (Å²) < 4.78 is 27.8. The van der Waals surface area contributed by atoms with Gasteiger partial charge in [0.05, 0.1) is 4.90 Å². The highest BCUT2D eigenvalue weighted by atomic mass is 32.2. The molecule has 0 aromatic heterocycles. The maximum Gasteiger partial charge on any atom is 0.243 e. The maximum atomic E-state index is 13.2. The minimum Gasteiger partial charge on any atom is -0.207 e. The van der Waals surface area contributed by atoms with Crippen LogP contribution in [0.3, 0.4) is 0 Å². The highest BCUT2D eigenvalue weighted by molar-refractivity contribution is 7.89. The molecular weight excluding hydrogens is 378 g/mol. The fraction of sp³-hybridized carbons (Fsp3) is 0.120. The Kier molecular flexibility index (Phi) is 5.22. The van der Waals surface area contributed by atoms with Crippen LogP contribution in [-0.4, -0.2) is 19.8 Å². The zero-order valence-corrected chi connectivity index (χ0v) is 17.3. The molecule has 0 unspecified atom stereocenters. The van der Waals surface area contributed by atoms with Gasteiger partial charge in [-0.1, -0.05) is 84.9 Å². The first kappa shape index (κ1) is 19.4. The monoisotopic (exact) mass is 401 g/mol. The molecule has 0 aliphatic carbocycles. The average Bonchev–Trinajstić information content (AvgIpc) is 2.78. The molecule has 0 saturated carbocycles. The lowest BCUT2D eigenvalue weighted by atomic mass is 10.0. The molecular formula is C25H23NO2S. The maximum absolute atomic E-state index is 13.2. The molecule has 0 spiro atoms. The largest absolute Gasteiger partial charge is 0.243 e. The minimum atomic E-state index is -3.61. The van der Waals surface area contributed by atoms with Gasteiger partial charge >= 0.3 is 0 Å². The van der Waals surface area contributed by atoms with Crippen LogP contribution in [0.5, 0.6) is 0 Å². The summed E-state index contributed by atoms with van der Waals surface area (Å²) in [5.41, 5.74) is 3.21. The van der Waals surface area contributed by atoms with Crippen molar-refractivity contribution in [3.63, 3.8) is 0 Å². The van der Waals surface area contributed by atoms with Crippen molar-refractivity contribution in [2.75, 3.05) is 7.05 Å². The van der Waals surface area contributed by atoms with E-state index in [4.69, 9.17) is 0 Å². The van der Waals surface area contributed by atoms with E-state index in [2.05, 4.69) is 12.1 Å². The van der Waals surface area contributed by atoms with Crippen LogP contribution < -0.4 is 0 Å². The van der Waals surface area contributed by atoms with Crippen LogP contribution in [0, 0.1) is 0 Å². The van der Waals surface area contributed by atoms with Gasteiger partial charge < -0.3 is 0 Å². The summed E-state index contributed by atoms with van der Waals surface area (Å²) in [5, 5.41) is 1.94. The van der Waals surface area contributed by atoms with Gasteiger partial charge in [-0.15, -0.1) is 0 Å². The summed E-state index contributed by atoms with van der Waals surface area (Å²) in [5.74, 6) is 0. The highest BCUT2D eigenvalue weighted by Gasteiger charge is 2.26. The Balaban J connectivity index is 1.61. The Labute approximate surface area is 172 Å². The van der Waals surface area contributed by atoms with Crippen molar-refractivity contribution in [1.82, 2.24) is 4.31 Å². The predicted molar refractivity (Wildman–Crippen MR) is 119 cm³/mol. The highest BCUT2D eigenvalue weighted by Crippen LogP contribution is 2.29. The Morgan fingerprint density at radius 1 is 0.690 bits per heavy atom. The van der Waals surface area contributed by atoms with Crippen molar-refractivity contribution in [1.29, 1.82) is 0 Å². The van der Waals surface area contributed by atoms with E-state index in [1.807, 2.05) is 79.7 Å². The van der Waals surface area contributed by atoms with Gasteiger partial charge in [-0.3, -0.25) is 0 Å². The van der Waals surface area contributed by atoms with Gasteiger partial charge in [-0.05, 0) is 46.5 Å². The van der Waals surface area contributed by atoms with Crippen molar-refractivity contribution < 1.29 is 8.42 Å². The lowest BCUT2D eigenvalue weighted by molar-refractivity contribution is 0.398. The van der Waals surface area contributed by atoms with Crippen LogP contribution in [0.25, 0.3) is 21.9 Å². The lowest BCUT2D eigenvalue weighted by Gasteiger charge is -2.25. The molecule has 0 bridgehead atoms. The SMILES string of the molecule is C[C@@H](c1ccc(-c2ccccc2)cc1)N(C)S(=O)(=O)c1ccc2ccccc2c1. The number of nitrogens with zero attached hydrogens (tertiary/aromatic N) is 1. The van der Waals surface area contributed by atoms with Crippen LogP contribution in [0.1, 0.15) is 18.5 Å². The third kappa shape index (κ3) is 3.82. The molecule has 4 aromatic carbocycles. The molecule has 1 atom stereocenters. The van der Waals surface area contributed by atoms with Crippen LogP contribution in [0.4, 0.5) is 0 Å². The van der Waals surface area contributed by atoms with Crippen molar-refractivity contribution >= 4 is 20.8 Å². The van der Waals surface area contributed by atoms with Gasteiger partial charge in [0.25, 0.3) is 0 Å². The van der Waals surface area contributed by atoms with Crippen LogP contribution in [-0.2, 0) is 10.0 Å². The summed E-state index contributed by atoms with van der Waals surface area (Å²) in [4.78, 5) is 0.312. The Hall–Kier alpha value is -2.95. The topological polar surface area (TPSA) is 37.4 Å². The molecule has 0 N–H and O–H groups in total. The minimum absolute atomic E-state index is 0.281. The van der Waals surface area contributed by atoms with E-state index in [9.17, 15) is 8.42 Å². The number of rotatable bonds is 5. The molecule has 29 heavy (non-hydrogen) atoms. The van der Waals surface area contributed by atoms with Gasteiger partial charge in [0, 0.05) is 13.1 Å². The van der Waals surface area contributed by atoms with Crippen LogP contribution in [0.15, 0.2) is 102 Å². The van der Waals surface area contributed by atoms with Gasteiger partial charge in [0.1, 0.15) is 0 Å². The number of hydrogen-bond acceptors (Lipinski definition) is 2. The Bertz CT molecular complexity index is 1230. The van der Waals surface area contributed by atoms with E-state index >= 15 is 0 Å². The summed E-state index contributed by atoms with van der Waals surface area (Å²) in [6, 6.07) is 31.0. The second kappa shape index (κ2) is 7.82. The molecule has 146 valence electrons. The summed E-state index contributed by atoms with van der Waals surface area (Å²) in [7, 11) is -1.97. The molecule has 0 amide bonds. The van der Waals surface area contributed by atoms with Crippen molar-refractivity contribution in [3.8, 4) is 11.1 Å². The average molecular weight is 402 g/mol. The van der Waals surface area contributed by atoms with Gasteiger partial charge in [0.15, 0.2) is 0 Å². The zero-order chi connectivity index (χ0) is 20.4. The molecule has 0 aliphatic rings. The first-order chi connectivity index (χ1) is 14.0. The zero-order valence-electron chi connectivity index (χ0n) is 16.5. The van der Waals surface area contributed by atoms with Gasteiger partial charge in [-0.25, -0.2) is 8.42 Å². The fourth-order valence-electron chi connectivity index (χ4n) is 3.50. The van der Waals surface area contributed by atoms with Crippen molar-refractivity contribution in [2.24, 2.45) is 0 Å². The third-order valence-corrected chi connectivity index (χ3v) is 7.37. The number of hydrogen-bond donors (Lipinski definition) is 0. The molecule has 4 rings (SSSR count).